The third-order valence-electron chi connectivity index (χ3n) is 3.71. The Morgan fingerprint density at radius 1 is 1.29 bits per heavy atom. The Hall–Kier alpha value is -1.06. The molecular weight excluding hydrogens is 214 g/mol. The summed E-state index contributed by atoms with van der Waals surface area (Å²) >= 11 is 0. The molecule has 1 aliphatic rings. The van der Waals surface area contributed by atoms with Gasteiger partial charge in [-0.05, 0) is 37.8 Å². The zero-order valence-electron chi connectivity index (χ0n) is 10.4. The Labute approximate surface area is 103 Å². The molecule has 94 valence electrons. The first-order chi connectivity index (χ1) is 8.28. The fourth-order valence-electron chi connectivity index (χ4n) is 2.53. The van der Waals surface area contributed by atoms with Gasteiger partial charge in [-0.25, -0.2) is 0 Å². The molecule has 0 saturated heterocycles. The highest BCUT2D eigenvalue weighted by Crippen LogP contribution is 2.32. The number of nitrogens with one attached hydrogen (secondary N) is 1. The van der Waals surface area contributed by atoms with E-state index in [1.54, 1.807) is 7.11 Å². The van der Waals surface area contributed by atoms with Gasteiger partial charge in [0.15, 0.2) is 0 Å². The van der Waals surface area contributed by atoms with Crippen LogP contribution in [0.3, 0.4) is 0 Å². The van der Waals surface area contributed by atoms with Gasteiger partial charge in [0.25, 0.3) is 0 Å². The summed E-state index contributed by atoms with van der Waals surface area (Å²) in [5, 5.41) is 13.1. The first-order valence-electron chi connectivity index (χ1n) is 6.25. The van der Waals surface area contributed by atoms with Crippen molar-refractivity contribution in [2.75, 3.05) is 19.0 Å². The Kier molecular flexibility index (Phi) is 4.02. The van der Waals surface area contributed by atoms with Crippen molar-refractivity contribution in [2.24, 2.45) is 0 Å². The molecule has 0 spiro atoms. The summed E-state index contributed by atoms with van der Waals surface area (Å²) in [6.45, 7) is 0.179. The first kappa shape index (κ1) is 12.4. The van der Waals surface area contributed by atoms with Gasteiger partial charge in [0, 0.05) is 12.8 Å². The molecule has 1 aliphatic carbocycles. The van der Waals surface area contributed by atoms with Gasteiger partial charge in [-0.3, -0.25) is 0 Å². The van der Waals surface area contributed by atoms with Gasteiger partial charge in [0.1, 0.15) is 0 Å². The molecular formula is C14H21NO2. The smallest absolute Gasteiger partial charge is 0.0661 e. The molecule has 0 bridgehead atoms. The average Bonchev–Trinajstić information content (AvgIpc) is 2.41. The van der Waals surface area contributed by atoms with Crippen LogP contribution in [-0.2, 0) is 4.74 Å². The van der Waals surface area contributed by atoms with E-state index in [1.165, 1.54) is 0 Å². The van der Waals surface area contributed by atoms with E-state index in [0.717, 1.165) is 31.4 Å². The summed E-state index contributed by atoms with van der Waals surface area (Å²) < 4.78 is 5.37. The predicted molar refractivity (Wildman–Crippen MR) is 69.1 cm³/mol. The number of hydrogen-bond donors (Lipinski definition) is 2. The van der Waals surface area contributed by atoms with Gasteiger partial charge in [-0.1, -0.05) is 18.2 Å². The molecule has 2 rings (SSSR count). The van der Waals surface area contributed by atoms with E-state index in [0.29, 0.717) is 6.10 Å². The van der Waals surface area contributed by atoms with Crippen LogP contribution < -0.4 is 5.32 Å². The lowest BCUT2D eigenvalue weighted by molar-refractivity contribution is 0.0411. The maximum absolute atomic E-state index is 9.66. The zero-order chi connectivity index (χ0) is 12.1. The molecule has 1 fully saturated rings. The van der Waals surface area contributed by atoms with Crippen LogP contribution in [0.15, 0.2) is 30.3 Å². The molecule has 0 radical (unpaired) electrons. The second-order valence-corrected chi connectivity index (χ2v) is 4.86. The number of aliphatic hydroxyl groups excluding tert-OH is 1. The number of benzene rings is 1. The van der Waals surface area contributed by atoms with Gasteiger partial charge < -0.3 is 15.2 Å². The average molecular weight is 235 g/mol. The van der Waals surface area contributed by atoms with Gasteiger partial charge in [-0.15, -0.1) is 0 Å². The zero-order valence-corrected chi connectivity index (χ0v) is 10.4. The molecule has 17 heavy (non-hydrogen) atoms. The number of anilines is 1. The molecule has 1 aromatic rings. The summed E-state index contributed by atoms with van der Waals surface area (Å²) in [5.41, 5.74) is 0.911. The quantitative estimate of drug-likeness (QED) is 0.842. The maximum atomic E-state index is 9.66. The Bertz CT molecular complexity index is 331. The van der Waals surface area contributed by atoms with Crippen molar-refractivity contribution in [3.8, 4) is 0 Å². The molecule has 0 aromatic heterocycles. The van der Waals surface area contributed by atoms with Crippen LogP contribution in [0.2, 0.25) is 0 Å². The highest BCUT2D eigenvalue weighted by Gasteiger charge is 2.34. The van der Waals surface area contributed by atoms with Gasteiger partial charge in [-0.2, -0.15) is 0 Å². The number of rotatable bonds is 4. The highest BCUT2D eigenvalue weighted by molar-refractivity contribution is 5.45. The summed E-state index contributed by atoms with van der Waals surface area (Å²) in [4.78, 5) is 0. The summed E-state index contributed by atoms with van der Waals surface area (Å²) in [5.74, 6) is 0. The van der Waals surface area contributed by atoms with Crippen molar-refractivity contribution in [2.45, 2.75) is 37.3 Å². The number of methoxy groups -OCH3 is 1. The molecule has 3 heteroatoms. The number of aliphatic hydroxyl groups is 1. The van der Waals surface area contributed by atoms with Crippen LogP contribution in [0.4, 0.5) is 5.69 Å². The number of hydrogen-bond acceptors (Lipinski definition) is 3. The molecule has 1 saturated carbocycles. The number of para-hydroxylation sites is 1. The highest BCUT2D eigenvalue weighted by atomic mass is 16.5. The van der Waals surface area contributed by atoms with E-state index in [-0.39, 0.29) is 12.1 Å². The van der Waals surface area contributed by atoms with E-state index in [1.807, 2.05) is 30.3 Å². The number of ether oxygens (including phenoxy) is 1. The van der Waals surface area contributed by atoms with Crippen LogP contribution in [-0.4, -0.2) is 30.5 Å². The molecule has 0 unspecified atom stereocenters. The third-order valence-corrected chi connectivity index (χ3v) is 3.71. The predicted octanol–water partition coefficient (Wildman–Crippen LogP) is 2.42. The topological polar surface area (TPSA) is 41.5 Å². The van der Waals surface area contributed by atoms with Gasteiger partial charge >= 0.3 is 0 Å². The first-order valence-corrected chi connectivity index (χ1v) is 6.25. The van der Waals surface area contributed by atoms with E-state index in [2.05, 4.69) is 5.32 Å². The lowest BCUT2D eigenvalue weighted by atomic mass is 9.80. The normalized spacial score (nSPS) is 28.9. The molecule has 0 heterocycles. The van der Waals surface area contributed by atoms with Crippen molar-refractivity contribution in [1.29, 1.82) is 0 Å². The Balaban J connectivity index is 2.01. The van der Waals surface area contributed by atoms with Gasteiger partial charge in [0.2, 0.25) is 0 Å². The van der Waals surface area contributed by atoms with Crippen molar-refractivity contribution < 1.29 is 9.84 Å². The molecule has 2 N–H and O–H groups in total. The fourth-order valence-corrected chi connectivity index (χ4v) is 2.53. The molecule has 0 atom stereocenters. The second kappa shape index (κ2) is 5.52. The van der Waals surface area contributed by atoms with Crippen molar-refractivity contribution in [3.63, 3.8) is 0 Å². The Morgan fingerprint density at radius 2 is 1.94 bits per heavy atom. The molecule has 3 nitrogen and oxygen atoms in total. The summed E-state index contributed by atoms with van der Waals surface area (Å²) in [6, 6.07) is 10.1. The standard InChI is InChI=1S/C14H21NO2/c1-17-13-7-9-14(11-16,10-8-13)15-12-5-3-2-4-6-12/h2-6,13,15-16H,7-11H2,1H3. The van der Waals surface area contributed by atoms with Crippen LogP contribution in [0, 0.1) is 0 Å². The molecule has 0 amide bonds. The lowest BCUT2D eigenvalue weighted by Gasteiger charge is -2.40. The van der Waals surface area contributed by atoms with Crippen molar-refractivity contribution in [1.82, 2.24) is 0 Å². The SMILES string of the molecule is COC1CCC(CO)(Nc2ccccc2)CC1. The van der Waals surface area contributed by atoms with E-state index < -0.39 is 0 Å². The fraction of sp³-hybridized carbons (Fsp3) is 0.571. The maximum Gasteiger partial charge on any atom is 0.0661 e. The molecule has 1 aromatic carbocycles. The van der Waals surface area contributed by atoms with Crippen LogP contribution in [0.1, 0.15) is 25.7 Å². The van der Waals surface area contributed by atoms with E-state index >= 15 is 0 Å². The van der Waals surface area contributed by atoms with Crippen molar-refractivity contribution >= 4 is 5.69 Å². The van der Waals surface area contributed by atoms with Crippen LogP contribution in [0.5, 0.6) is 0 Å². The second-order valence-electron chi connectivity index (χ2n) is 4.86. The van der Waals surface area contributed by atoms with Crippen LogP contribution in [0.25, 0.3) is 0 Å². The largest absolute Gasteiger partial charge is 0.394 e. The summed E-state index contributed by atoms with van der Waals surface area (Å²) in [7, 11) is 1.77. The minimum absolute atomic E-state index is 0.170. The minimum atomic E-state index is -0.170. The molecule has 0 aliphatic heterocycles. The van der Waals surface area contributed by atoms with E-state index in [9.17, 15) is 5.11 Å². The lowest BCUT2D eigenvalue weighted by Crippen LogP contribution is -2.46. The van der Waals surface area contributed by atoms with Crippen LogP contribution >= 0.6 is 0 Å². The third kappa shape index (κ3) is 2.99. The summed E-state index contributed by atoms with van der Waals surface area (Å²) in [6.07, 6.45) is 4.29. The Morgan fingerprint density at radius 3 is 2.47 bits per heavy atom. The van der Waals surface area contributed by atoms with Gasteiger partial charge in [0.05, 0.1) is 18.2 Å². The van der Waals surface area contributed by atoms with E-state index in [4.69, 9.17) is 4.74 Å². The monoisotopic (exact) mass is 235 g/mol. The minimum Gasteiger partial charge on any atom is -0.394 e. The van der Waals surface area contributed by atoms with Crippen molar-refractivity contribution in [3.05, 3.63) is 30.3 Å².